The third kappa shape index (κ3) is 9.79. The van der Waals surface area contributed by atoms with Gasteiger partial charge in [0.05, 0.1) is 12.9 Å². The topological polar surface area (TPSA) is 29.0 Å². The standard InChI is InChI=1S/C7H12ClN2O.BF4/c1-9-2-3-10(6-9)5-7(11)4-8;2-1(3,4)5/h2-3,6-7,11H,4-5H2,1H3;/q+1;-1. The molecule has 1 rings (SSSR count). The number of aryl methyl sites for hydroxylation is 1. The fourth-order valence-corrected chi connectivity index (χ4v) is 0.999. The Labute approximate surface area is 95.4 Å². The monoisotopic (exact) mass is 262 g/mol. The molecule has 0 amide bonds. The van der Waals surface area contributed by atoms with Crippen LogP contribution in [0.15, 0.2) is 18.7 Å². The lowest BCUT2D eigenvalue weighted by Crippen LogP contribution is -2.38. The number of halogens is 5. The fourth-order valence-electron chi connectivity index (χ4n) is 0.902. The number of imidazole rings is 1. The minimum absolute atomic E-state index is 0.280. The number of hydrogen-bond donors (Lipinski definition) is 1. The summed E-state index contributed by atoms with van der Waals surface area (Å²) in [7, 11) is -4.07. The van der Waals surface area contributed by atoms with Gasteiger partial charge < -0.3 is 22.4 Å². The molecule has 1 aromatic rings. The van der Waals surface area contributed by atoms with E-state index in [0.29, 0.717) is 6.54 Å². The zero-order chi connectivity index (χ0) is 12.8. The smallest absolute Gasteiger partial charge is 0.418 e. The Morgan fingerprint density at radius 1 is 1.44 bits per heavy atom. The van der Waals surface area contributed by atoms with Gasteiger partial charge in [-0.15, -0.1) is 11.6 Å². The molecule has 9 heteroatoms. The first kappa shape index (κ1) is 15.2. The first-order chi connectivity index (χ1) is 7.22. The second-order valence-corrected chi connectivity index (χ2v) is 3.39. The molecule has 3 nitrogen and oxygen atoms in total. The molecule has 0 aliphatic heterocycles. The van der Waals surface area contributed by atoms with Crippen LogP contribution in [0.4, 0.5) is 17.3 Å². The van der Waals surface area contributed by atoms with E-state index in [-0.39, 0.29) is 5.88 Å². The summed E-state index contributed by atoms with van der Waals surface area (Å²) in [5.74, 6) is 0.280. The molecule has 0 saturated carbocycles. The number of hydrogen-bond acceptors (Lipinski definition) is 1. The van der Waals surface area contributed by atoms with Crippen molar-refractivity contribution in [3.05, 3.63) is 18.7 Å². The molecule has 0 spiro atoms. The largest absolute Gasteiger partial charge is 0.673 e. The van der Waals surface area contributed by atoms with Gasteiger partial charge in [-0.3, -0.25) is 0 Å². The maximum atomic E-state index is 9.75. The van der Waals surface area contributed by atoms with Crippen molar-refractivity contribution in [3.8, 4) is 0 Å². The average molecular weight is 262 g/mol. The third-order valence-electron chi connectivity index (χ3n) is 1.42. The van der Waals surface area contributed by atoms with E-state index in [1.807, 2.05) is 34.9 Å². The predicted molar refractivity (Wildman–Crippen MR) is 52.5 cm³/mol. The van der Waals surface area contributed by atoms with Gasteiger partial charge in [-0.1, -0.05) is 0 Å². The molecule has 0 bridgehead atoms. The molecule has 16 heavy (non-hydrogen) atoms. The normalized spacial score (nSPS) is 12.9. The van der Waals surface area contributed by atoms with Crippen molar-refractivity contribution < 1.29 is 26.9 Å². The van der Waals surface area contributed by atoms with E-state index < -0.39 is 13.4 Å². The maximum Gasteiger partial charge on any atom is 0.673 e. The molecular formula is C7H12BClF4N2O. The van der Waals surface area contributed by atoms with E-state index in [2.05, 4.69) is 0 Å². The van der Waals surface area contributed by atoms with Crippen LogP contribution in [0.1, 0.15) is 0 Å². The number of aliphatic hydroxyl groups is 1. The van der Waals surface area contributed by atoms with Crippen LogP contribution in [0.25, 0.3) is 0 Å². The summed E-state index contributed by atoms with van der Waals surface area (Å²) in [4.78, 5) is 0. The highest BCUT2D eigenvalue weighted by molar-refractivity contribution is 6.50. The lowest BCUT2D eigenvalue weighted by atomic mass is 10.3. The number of aromatic nitrogens is 2. The Balaban J connectivity index is 0.000000385. The van der Waals surface area contributed by atoms with Crippen LogP contribution in [0.5, 0.6) is 0 Å². The summed E-state index contributed by atoms with van der Waals surface area (Å²) < 4.78 is 42.8. The quantitative estimate of drug-likeness (QED) is 0.377. The Bertz CT molecular complexity index is 301. The Hall–Kier alpha value is -0.755. The molecule has 1 atom stereocenters. The first-order valence-corrected chi connectivity index (χ1v) is 4.88. The summed E-state index contributed by atoms with van der Waals surface area (Å²) in [5.41, 5.74) is 0. The zero-order valence-electron chi connectivity index (χ0n) is 8.53. The molecule has 1 unspecified atom stereocenters. The highest BCUT2D eigenvalue weighted by Gasteiger charge is 2.20. The minimum Gasteiger partial charge on any atom is -0.418 e. The van der Waals surface area contributed by atoms with Gasteiger partial charge in [0.25, 0.3) is 0 Å². The Morgan fingerprint density at radius 2 is 1.94 bits per heavy atom. The highest BCUT2D eigenvalue weighted by Crippen LogP contribution is 2.06. The molecule has 1 aromatic heterocycles. The van der Waals surface area contributed by atoms with E-state index in [1.165, 1.54) is 0 Å². The summed E-state index contributed by atoms with van der Waals surface area (Å²) in [5, 5.41) is 9.16. The Morgan fingerprint density at radius 3 is 2.25 bits per heavy atom. The third-order valence-corrected chi connectivity index (χ3v) is 1.78. The Kier molecular flexibility index (Phi) is 6.43. The van der Waals surface area contributed by atoms with Crippen LogP contribution in [0.3, 0.4) is 0 Å². The van der Waals surface area contributed by atoms with Crippen molar-refractivity contribution in [3.63, 3.8) is 0 Å². The van der Waals surface area contributed by atoms with Crippen LogP contribution in [-0.4, -0.2) is 28.9 Å². The molecule has 1 heterocycles. The summed E-state index contributed by atoms with van der Waals surface area (Å²) in [6.45, 7) is 0.560. The van der Waals surface area contributed by atoms with Crippen molar-refractivity contribution in [1.29, 1.82) is 0 Å². The van der Waals surface area contributed by atoms with Crippen molar-refractivity contribution in [2.45, 2.75) is 12.6 Å². The van der Waals surface area contributed by atoms with E-state index in [1.54, 1.807) is 0 Å². The van der Waals surface area contributed by atoms with Crippen LogP contribution in [0.2, 0.25) is 0 Å². The molecule has 0 radical (unpaired) electrons. The molecule has 94 valence electrons. The van der Waals surface area contributed by atoms with Crippen molar-refractivity contribution in [1.82, 2.24) is 4.57 Å². The van der Waals surface area contributed by atoms with Gasteiger partial charge in [0, 0.05) is 0 Å². The zero-order valence-corrected chi connectivity index (χ0v) is 9.29. The van der Waals surface area contributed by atoms with E-state index in [0.717, 1.165) is 0 Å². The molecule has 0 aliphatic rings. The SMILES string of the molecule is Cn1cc[n+](CC(O)CCl)c1.F[B-](F)(F)F. The first-order valence-electron chi connectivity index (χ1n) is 4.34. The molecule has 0 aliphatic carbocycles. The minimum atomic E-state index is -6.00. The summed E-state index contributed by atoms with van der Waals surface area (Å²) in [6.07, 6.45) is 5.26. The van der Waals surface area contributed by atoms with Gasteiger partial charge in [-0.25, -0.2) is 9.13 Å². The lowest BCUT2D eigenvalue weighted by Gasteiger charge is -2.01. The second-order valence-electron chi connectivity index (χ2n) is 3.08. The molecule has 0 saturated heterocycles. The fraction of sp³-hybridized carbons (Fsp3) is 0.571. The van der Waals surface area contributed by atoms with Gasteiger partial charge in [0.15, 0.2) is 0 Å². The summed E-state index contributed by atoms with van der Waals surface area (Å²) in [6, 6.07) is 0. The van der Waals surface area contributed by atoms with Gasteiger partial charge >= 0.3 is 7.25 Å². The van der Waals surface area contributed by atoms with Gasteiger partial charge in [0.1, 0.15) is 25.0 Å². The van der Waals surface area contributed by atoms with Gasteiger partial charge in [-0.05, 0) is 0 Å². The second kappa shape index (κ2) is 6.75. The molecular weight excluding hydrogens is 250 g/mol. The van der Waals surface area contributed by atoms with Crippen molar-refractivity contribution in [2.24, 2.45) is 7.05 Å². The van der Waals surface area contributed by atoms with Crippen LogP contribution >= 0.6 is 11.6 Å². The van der Waals surface area contributed by atoms with Crippen LogP contribution < -0.4 is 4.57 Å². The van der Waals surface area contributed by atoms with E-state index in [9.17, 15) is 17.3 Å². The molecule has 0 fully saturated rings. The van der Waals surface area contributed by atoms with E-state index >= 15 is 0 Å². The van der Waals surface area contributed by atoms with Crippen molar-refractivity contribution in [2.75, 3.05) is 5.88 Å². The molecule has 0 aromatic carbocycles. The average Bonchev–Trinajstić information content (AvgIpc) is 2.48. The van der Waals surface area contributed by atoms with Crippen molar-refractivity contribution >= 4 is 18.9 Å². The number of rotatable bonds is 3. The number of nitrogens with zero attached hydrogens (tertiary/aromatic N) is 2. The van der Waals surface area contributed by atoms with Crippen LogP contribution in [0, 0.1) is 0 Å². The number of alkyl halides is 1. The number of aliphatic hydroxyl groups excluding tert-OH is 1. The predicted octanol–water partition coefficient (Wildman–Crippen LogP) is 1.21. The van der Waals surface area contributed by atoms with Gasteiger partial charge in [0.2, 0.25) is 6.33 Å². The summed E-state index contributed by atoms with van der Waals surface area (Å²) >= 11 is 5.44. The van der Waals surface area contributed by atoms with Gasteiger partial charge in [-0.2, -0.15) is 0 Å². The maximum absolute atomic E-state index is 9.75. The van der Waals surface area contributed by atoms with Crippen LogP contribution in [-0.2, 0) is 13.6 Å². The highest BCUT2D eigenvalue weighted by atomic mass is 35.5. The van der Waals surface area contributed by atoms with E-state index in [4.69, 9.17) is 16.7 Å². The lowest BCUT2D eigenvalue weighted by molar-refractivity contribution is -0.702. The molecule has 1 N–H and O–H groups in total.